The first-order valence-corrected chi connectivity index (χ1v) is 5.42. The van der Waals surface area contributed by atoms with Gasteiger partial charge in [-0.1, -0.05) is 24.6 Å². The first kappa shape index (κ1) is 10.9. The van der Waals surface area contributed by atoms with Gasteiger partial charge in [0.25, 0.3) is 0 Å². The lowest BCUT2D eigenvalue weighted by Crippen LogP contribution is -2.30. The van der Waals surface area contributed by atoms with Gasteiger partial charge in [-0.3, -0.25) is 11.3 Å². The Kier molecular flexibility index (Phi) is 2.96. The fraction of sp³-hybridized carbons (Fsp3) is 0.455. The maximum Gasteiger partial charge on any atom is 0.129 e. The molecule has 0 saturated heterocycles. The summed E-state index contributed by atoms with van der Waals surface area (Å²) in [4.78, 5) is 0. The molecule has 0 radical (unpaired) electrons. The van der Waals surface area contributed by atoms with Gasteiger partial charge in [0.1, 0.15) is 5.82 Å². The number of hydrogen-bond acceptors (Lipinski definition) is 2. The van der Waals surface area contributed by atoms with Crippen LogP contribution in [0, 0.1) is 17.7 Å². The Labute approximate surface area is 93.6 Å². The average Bonchev–Trinajstić information content (AvgIpc) is 2.88. The zero-order valence-corrected chi connectivity index (χ0v) is 9.26. The van der Waals surface area contributed by atoms with E-state index in [1.54, 1.807) is 12.1 Å². The van der Waals surface area contributed by atoms with Gasteiger partial charge in [0.15, 0.2) is 0 Å². The summed E-state index contributed by atoms with van der Waals surface area (Å²) in [6.07, 6.45) is 1.09. The van der Waals surface area contributed by atoms with Crippen molar-refractivity contribution in [3.63, 3.8) is 0 Å². The Bertz CT molecular complexity index is 370. The third kappa shape index (κ3) is 2.14. The van der Waals surface area contributed by atoms with Gasteiger partial charge in [0, 0.05) is 10.6 Å². The molecule has 3 atom stereocenters. The molecule has 0 spiro atoms. The van der Waals surface area contributed by atoms with Gasteiger partial charge in [-0.25, -0.2) is 4.39 Å². The second kappa shape index (κ2) is 4.08. The standard InChI is InChI=1S/C11H14ClFN2/c1-6-4-9(6)11(15-14)8-3-2-7(12)5-10(8)13/h2-3,5-6,9,11,15H,4,14H2,1H3. The first-order valence-electron chi connectivity index (χ1n) is 5.04. The Morgan fingerprint density at radius 2 is 2.27 bits per heavy atom. The summed E-state index contributed by atoms with van der Waals surface area (Å²) in [5.74, 6) is 6.23. The minimum absolute atomic E-state index is 0.0998. The van der Waals surface area contributed by atoms with Crippen LogP contribution < -0.4 is 11.3 Å². The lowest BCUT2D eigenvalue weighted by molar-refractivity contribution is 0.452. The predicted molar refractivity (Wildman–Crippen MR) is 58.7 cm³/mol. The second-order valence-electron chi connectivity index (χ2n) is 4.19. The molecule has 82 valence electrons. The summed E-state index contributed by atoms with van der Waals surface area (Å²) in [7, 11) is 0. The number of rotatable bonds is 3. The SMILES string of the molecule is CC1CC1C(NN)c1ccc(Cl)cc1F. The molecule has 1 aliphatic carbocycles. The number of nitrogens with two attached hydrogens (primary N) is 1. The van der Waals surface area contributed by atoms with Crippen molar-refractivity contribution in [3.8, 4) is 0 Å². The third-order valence-electron chi connectivity index (χ3n) is 3.08. The molecule has 3 N–H and O–H groups in total. The Hall–Kier alpha value is -0.640. The fourth-order valence-corrected chi connectivity index (χ4v) is 2.17. The second-order valence-corrected chi connectivity index (χ2v) is 4.62. The number of halogens is 2. The third-order valence-corrected chi connectivity index (χ3v) is 3.31. The molecule has 3 unspecified atom stereocenters. The molecular weight excluding hydrogens is 215 g/mol. The molecule has 1 aromatic rings. The van der Waals surface area contributed by atoms with Gasteiger partial charge in [-0.05, 0) is 30.4 Å². The van der Waals surface area contributed by atoms with Crippen LogP contribution in [0.1, 0.15) is 24.9 Å². The molecule has 2 nitrogen and oxygen atoms in total. The van der Waals surface area contributed by atoms with Crippen LogP contribution in [0.2, 0.25) is 5.02 Å². The molecule has 2 rings (SSSR count). The molecule has 0 aliphatic heterocycles. The smallest absolute Gasteiger partial charge is 0.129 e. The predicted octanol–water partition coefficient (Wildman–Crippen LogP) is 2.64. The Morgan fingerprint density at radius 3 is 2.73 bits per heavy atom. The van der Waals surface area contributed by atoms with Crippen molar-refractivity contribution < 1.29 is 4.39 Å². The molecule has 1 aliphatic rings. The van der Waals surface area contributed by atoms with Gasteiger partial charge in [-0.2, -0.15) is 0 Å². The summed E-state index contributed by atoms with van der Waals surface area (Å²) in [6.45, 7) is 2.14. The molecule has 0 amide bonds. The van der Waals surface area contributed by atoms with E-state index in [1.165, 1.54) is 6.07 Å². The molecule has 0 aromatic heterocycles. The number of hydrogen-bond donors (Lipinski definition) is 2. The molecule has 0 bridgehead atoms. The highest BCUT2D eigenvalue weighted by atomic mass is 35.5. The fourth-order valence-electron chi connectivity index (χ4n) is 2.01. The van der Waals surface area contributed by atoms with E-state index in [4.69, 9.17) is 17.4 Å². The summed E-state index contributed by atoms with van der Waals surface area (Å²) >= 11 is 5.70. The van der Waals surface area contributed by atoms with Crippen LogP contribution in [0.3, 0.4) is 0 Å². The number of nitrogens with one attached hydrogen (secondary N) is 1. The van der Waals surface area contributed by atoms with Crippen LogP contribution in [0.25, 0.3) is 0 Å². The van der Waals surface area contributed by atoms with E-state index in [9.17, 15) is 4.39 Å². The minimum atomic E-state index is -0.287. The van der Waals surface area contributed by atoms with Crippen molar-refractivity contribution in [1.82, 2.24) is 5.43 Å². The van der Waals surface area contributed by atoms with E-state index in [0.717, 1.165) is 6.42 Å². The van der Waals surface area contributed by atoms with Gasteiger partial charge in [-0.15, -0.1) is 0 Å². The van der Waals surface area contributed by atoms with Crippen LogP contribution in [-0.2, 0) is 0 Å². The quantitative estimate of drug-likeness (QED) is 0.617. The number of hydrazine groups is 1. The topological polar surface area (TPSA) is 38.0 Å². The summed E-state index contributed by atoms with van der Waals surface area (Å²) < 4.78 is 13.6. The maximum atomic E-state index is 13.6. The molecule has 4 heteroatoms. The van der Waals surface area contributed by atoms with Crippen LogP contribution in [0.5, 0.6) is 0 Å². The van der Waals surface area contributed by atoms with Gasteiger partial charge < -0.3 is 0 Å². The van der Waals surface area contributed by atoms with Crippen molar-refractivity contribution in [3.05, 3.63) is 34.6 Å². The normalized spacial score (nSPS) is 26.4. The highest BCUT2D eigenvalue weighted by Gasteiger charge is 2.40. The summed E-state index contributed by atoms with van der Waals surface area (Å²) in [5.41, 5.74) is 3.30. The van der Waals surface area contributed by atoms with Gasteiger partial charge in [0.05, 0.1) is 6.04 Å². The van der Waals surface area contributed by atoms with E-state index in [0.29, 0.717) is 22.4 Å². The summed E-state index contributed by atoms with van der Waals surface area (Å²) in [5, 5.41) is 0.413. The minimum Gasteiger partial charge on any atom is -0.271 e. The maximum absolute atomic E-state index is 13.6. The molecule has 0 heterocycles. The Balaban J connectivity index is 2.26. The monoisotopic (exact) mass is 228 g/mol. The largest absolute Gasteiger partial charge is 0.271 e. The lowest BCUT2D eigenvalue weighted by atomic mass is 10.0. The highest BCUT2D eigenvalue weighted by Crippen LogP contribution is 2.47. The molecular formula is C11H14ClFN2. The summed E-state index contributed by atoms with van der Waals surface area (Å²) in [6, 6.07) is 4.62. The number of benzene rings is 1. The zero-order valence-electron chi connectivity index (χ0n) is 8.50. The molecule has 1 fully saturated rings. The van der Waals surface area contributed by atoms with Crippen LogP contribution in [0.4, 0.5) is 4.39 Å². The molecule has 1 saturated carbocycles. The van der Waals surface area contributed by atoms with Crippen molar-refractivity contribution in [2.24, 2.45) is 17.7 Å². The van der Waals surface area contributed by atoms with E-state index < -0.39 is 0 Å². The van der Waals surface area contributed by atoms with Crippen molar-refractivity contribution in [2.45, 2.75) is 19.4 Å². The van der Waals surface area contributed by atoms with Gasteiger partial charge in [0.2, 0.25) is 0 Å². The Morgan fingerprint density at radius 1 is 1.60 bits per heavy atom. The van der Waals surface area contributed by atoms with Crippen molar-refractivity contribution >= 4 is 11.6 Å². The lowest BCUT2D eigenvalue weighted by Gasteiger charge is -2.16. The van der Waals surface area contributed by atoms with Gasteiger partial charge >= 0.3 is 0 Å². The molecule has 15 heavy (non-hydrogen) atoms. The van der Waals surface area contributed by atoms with E-state index in [2.05, 4.69) is 12.3 Å². The van der Waals surface area contributed by atoms with Crippen LogP contribution in [0.15, 0.2) is 18.2 Å². The van der Waals surface area contributed by atoms with Crippen molar-refractivity contribution in [1.29, 1.82) is 0 Å². The highest BCUT2D eigenvalue weighted by molar-refractivity contribution is 6.30. The first-order chi connectivity index (χ1) is 7.13. The van der Waals surface area contributed by atoms with Crippen molar-refractivity contribution in [2.75, 3.05) is 0 Å². The van der Waals surface area contributed by atoms with Crippen LogP contribution >= 0.6 is 11.6 Å². The van der Waals surface area contributed by atoms with E-state index >= 15 is 0 Å². The van der Waals surface area contributed by atoms with E-state index in [-0.39, 0.29) is 11.9 Å². The van der Waals surface area contributed by atoms with Crippen LogP contribution in [-0.4, -0.2) is 0 Å². The zero-order chi connectivity index (χ0) is 11.0. The van der Waals surface area contributed by atoms with E-state index in [1.807, 2.05) is 0 Å². The molecule has 1 aromatic carbocycles. The average molecular weight is 229 g/mol.